The fourth-order valence-corrected chi connectivity index (χ4v) is 3.17. The number of carbonyl (C=O) groups excluding carboxylic acids is 1. The highest BCUT2D eigenvalue weighted by Gasteiger charge is 2.30. The maximum absolute atomic E-state index is 12.7. The molecule has 130 valence electrons. The Labute approximate surface area is 145 Å². The van der Waals surface area contributed by atoms with E-state index in [1.54, 1.807) is 31.4 Å². The zero-order chi connectivity index (χ0) is 18.0. The smallest absolute Gasteiger partial charge is 0.416 e. The van der Waals surface area contributed by atoms with Crippen LogP contribution in [0.5, 0.6) is 5.75 Å². The van der Waals surface area contributed by atoms with E-state index >= 15 is 0 Å². The molecule has 0 saturated heterocycles. The summed E-state index contributed by atoms with van der Waals surface area (Å²) in [5.41, 5.74) is 0.469. The third-order valence-corrected chi connectivity index (χ3v) is 4.42. The van der Waals surface area contributed by atoms with Crippen molar-refractivity contribution in [2.45, 2.75) is 12.6 Å². The molecule has 3 aromatic rings. The zero-order valence-electron chi connectivity index (χ0n) is 13.1. The third-order valence-electron chi connectivity index (χ3n) is 3.49. The van der Waals surface area contributed by atoms with Crippen LogP contribution in [-0.2, 0) is 17.4 Å². The molecule has 0 atom stereocenters. The number of thiazole rings is 1. The molecular weight excluding hydrogens is 353 g/mol. The lowest BCUT2D eigenvalue weighted by Crippen LogP contribution is -2.14. The first-order valence-electron chi connectivity index (χ1n) is 7.26. The average molecular weight is 366 g/mol. The molecule has 0 fully saturated rings. The first-order chi connectivity index (χ1) is 11.8. The molecule has 1 amide bonds. The van der Waals surface area contributed by atoms with E-state index in [2.05, 4.69) is 10.3 Å². The number of amides is 1. The van der Waals surface area contributed by atoms with Gasteiger partial charge in [0.25, 0.3) is 0 Å². The van der Waals surface area contributed by atoms with Gasteiger partial charge in [0.2, 0.25) is 5.91 Å². The predicted molar refractivity (Wildman–Crippen MR) is 89.9 cm³/mol. The normalized spacial score (nSPS) is 11.5. The molecule has 2 aromatic carbocycles. The molecule has 1 heterocycles. The molecule has 0 aliphatic heterocycles. The van der Waals surface area contributed by atoms with Crippen LogP contribution in [0.1, 0.15) is 11.1 Å². The Morgan fingerprint density at radius 2 is 1.92 bits per heavy atom. The molecule has 4 nitrogen and oxygen atoms in total. The molecule has 0 bridgehead atoms. The number of rotatable bonds is 4. The summed E-state index contributed by atoms with van der Waals surface area (Å²) < 4.78 is 43.6. The number of nitrogens with zero attached hydrogens (tertiary/aromatic N) is 1. The summed E-state index contributed by atoms with van der Waals surface area (Å²) in [6, 6.07) is 10.3. The van der Waals surface area contributed by atoms with Crippen LogP contribution in [0, 0.1) is 0 Å². The van der Waals surface area contributed by atoms with Crippen molar-refractivity contribution in [1.29, 1.82) is 0 Å². The second-order valence-electron chi connectivity index (χ2n) is 5.27. The molecule has 0 unspecified atom stereocenters. The Kier molecular flexibility index (Phi) is 4.63. The summed E-state index contributed by atoms with van der Waals surface area (Å²) in [6.45, 7) is 0. The van der Waals surface area contributed by atoms with E-state index in [0.29, 0.717) is 16.0 Å². The summed E-state index contributed by atoms with van der Waals surface area (Å²) in [4.78, 5) is 16.2. The quantitative estimate of drug-likeness (QED) is 0.739. The van der Waals surface area contributed by atoms with Crippen LogP contribution >= 0.6 is 11.3 Å². The van der Waals surface area contributed by atoms with Crippen molar-refractivity contribution in [1.82, 2.24) is 4.98 Å². The summed E-state index contributed by atoms with van der Waals surface area (Å²) in [5.74, 6) is 0.399. The van der Waals surface area contributed by atoms with Crippen molar-refractivity contribution in [3.63, 3.8) is 0 Å². The van der Waals surface area contributed by atoms with Gasteiger partial charge in [0, 0.05) is 0 Å². The van der Waals surface area contributed by atoms with Crippen molar-refractivity contribution in [2.75, 3.05) is 12.4 Å². The molecule has 1 aromatic heterocycles. The largest absolute Gasteiger partial charge is 0.497 e. The van der Waals surface area contributed by atoms with Crippen LogP contribution in [0.4, 0.5) is 18.3 Å². The van der Waals surface area contributed by atoms with E-state index in [-0.39, 0.29) is 17.5 Å². The molecule has 25 heavy (non-hydrogen) atoms. The van der Waals surface area contributed by atoms with E-state index < -0.39 is 11.7 Å². The highest BCUT2D eigenvalue weighted by Crippen LogP contribution is 2.34. The minimum atomic E-state index is -4.41. The number of aromatic nitrogens is 1. The van der Waals surface area contributed by atoms with Crippen LogP contribution in [-0.4, -0.2) is 18.0 Å². The summed E-state index contributed by atoms with van der Waals surface area (Å²) in [6.07, 6.45) is -4.27. The minimum Gasteiger partial charge on any atom is -0.497 e. The predicted octanol–water partition coefficient (Wildman–Crippen LogP) is 4.50. The number of alkyl halides is 3. The fraction of sp³-hybridized carbons (Fsp3) is 0.176. The van der Waals surface area contributed by atoms with Gasteiger partial charge in [0.05, 0.1) is 29.3 Å². The maximum Gasteiger partial charge on any atom is 0.416 e. The summed E-state index contributed by atoms with van der Waals surface area (Å²) in [7, 11) is 1.55. The lowest BCUT2D eigenvalue weighted by molar-refractivity contribution is -0.137. The number of nitrogens with one attached hydrogen (secondary N) is 1. The van der Waals surface area contributed by atoms with Crippen LogP contribution in [0.2, 0.25) is 0 Å². The van der Waals surface area contributed by atoms with E-state index in [4.69, 9.17) is 4.74 Å². The summed E-state index contributed by atoms with van der Waals surface area (Å²) >= 11 is 1.01. The number of hydrogen-bond donors (Lipinski definition) is 1. The molecule has 8 heteroatoms. The first-order valence-corrected chi connectivity index (χ1v) is 8.07. The van der Waals surface area contributed by atoms with Crippen LogP contribution in [0.25, 0.3) is 10.2 Å². The maximum atomic E-state index is 12.7. The molecule has 0 saturated carbocycles. The lowest BCUT2D eigenvalue weighted by atomic mass is 10.1. The molecule has 3 rings (SSSR count). The molecule has 0 aliphatic carbocycles. The standard InChI is InChI=1S/C17H13F3N2O2S/c1-24-12-5-2-10(3-6-12)8-15(23)22-16-21-13-7-4-11(17(18,19)20)9-14(13)25-16/h2-7,9H,8H2,1H3,(H,21,22,23). The highest BCUT2D eigenvalue weighted by atomic mass is 32.1. The third kappa shape index (κ3) is 4.08. The van der Waals surface area contributed by atoms with Gasteiger partial charge in [-0.25, -0.2) is 4.98 Å². The molecule has 0 radical (unpaired) electrons. The monoisotopic (exact) mass is 366 g/mol. The minimum absolute atomic E-state index is 0.133. The fourth-order valence-electron chi connectivity index (χ4n) is 2.25. The summed E-state index contributed by atoms with van der Waals surface area (Å²) in [5, 5.41) is 2.89. The number of benzene rings is 2. The van der Waals surface area contributed by atoms with Gasteiger partial charge < -0.3 is 10.1 Å². The second kappa shape index (κ2) is 6.72. The lowest BCUT2D eigenvalue weighted by Gasteiger charge is -2.04. The van der Waals surface area contributed by atoms with Gasteiger partial charge in [-0.1, -0.05) is 23.5 Å². The van der Waals surface area contributed by atoms with Gasteiger partial charge in [-0.3, -0.25) is 4.79 Å². The highest BCUT2D eigenvalue weighted by molar-refractivity contribution is 7.22. The van der Waals surface area contributed by atoms with Gasteiger partial charge in [-0.05, 0) is 35.9 Å². The van der Waals surface area contributed by atoms with Crippen molar-refractivity contribution < 1.29 is 22.7 Å². The van der Waals surface area contributed by atoms with Crippen molar-refractivity contribution in [3.05, 3.63) is 53.6 Å². The van der Waals surface area contributed by atoms with Crippen LogP contribution < -0.4 is 10.1 Å². The number of ether oxygens (including phenoxy) is 1. The van der Waals surface area contributed by atoms with Gasteiger partial charge in [0.1, 0.15) is 5.75 Å². The SMILES string of the molecule is COc1ccc(CC(=O)Nc2nc3ccc(C(F)(F)F)cc3s2)cc1. The number of hydrogen-bond acceptors (Lipinski definition) is 4. The average Bonchev–Trinajstić information content (AvgIpc) is 2.95. The Bertz CT molecular complexity index is 904. The zero-order valence-corrected chi connectivity index (χ0v) is 13.9. The van der Waals surface area contributed by atoms with Gasteiger partial charge in [-0.15, -0.1) is 0 Å². The Balaban J connectivity index is 1.72. The number of halogens is 3. The first kappa shape index (κ1) is 17.2. The van der Waals surface area contributed by atoms with Crippen molar-refractivity contribution >= 4 is 32.6 Å². The number of anilines is 1. The molecule has 1 N–H and O–H groups in total. The van der Waals surface area contributed by atoms with E-state index in [0.717, 1.165) is 29.0 Å². The number of methoxy groups -OCH3 is 1. The van der Waals surface area contributed by atoms with Crippen molar-refractivity contribution in [2.24, 2.45) is 0 Å². The topological polar surface area (TPSA) is 51.2 Å². The Hall–Kier alpha value is -2.61. The van der Waals surface area contributed by atoms with E-state index in [1.807, 2.05) is 0 Å². The Morgan fingerprint density at radius 1 is 1.20 bits per heavy atom. The molecule has 0 spiro atoms. The van der Waals surface area contributed by atoms with E-state index in [1.165, 1.54) is 6.07 Å². The van der Waals surface area contributed by atoms with Crippen LogP contribution in [0.3, 0.4) is 0 Å². The Morgan fingerprint density at radius 3 is 2.56 bits per heavy atom. The van der Waals surface area contributed by atoms with E-state index in [9.17, 15) is 18.0 Å². The number of carbonyl (C=O) groups is 1. The molecule has 0 aliphatic rings. The number of fused-ring (bicyclic) bond motifs is 1. The van der Waals surface area contributed by atoms with Crippen molar-refractivity contribution in [3.8, 4) is 5.75 Å². The van der Waals surface area contributed by atoms with Gasteiger partial charge in [0.15, 0.2) is 5.13 Å². The van der Waals surface area contributed by atoms with Gasteiger partial charge in [-0.2, -0.15) is 13.2 Å². The second-order valence-corrected chi connectivity index (χ2v) is 6.30. The van der Waals surface area contributed by atoms with Crippen LogP contribution in [0.15, 0.2) is 42.5 Å². The molecular formula is C17H13F3N2O2S. The van der Waals surface area contributed by atoms with Gasteiger partial charge >= 0.3 is 6.18 Å².